The van der Waals surface area contributed by atoms with Gasteiger partial charge in [0.05, 0.1) is 6.61 Å². The zero-order chi connectivity index (χ0) is 15.9. The molecule has 122 valence electrons. The van der Waals surface area contributed by atoms with Crippen LogP contribution in [-0.4, -0.2) is 36.5 Å². The molecule has 1 aliphatic heterocycles. The molecule has 1 fully saturated rings. The van der Waals surface area contributed by atoms with Crippen molar-refractivity contribution < 1.29 is 13.9 Å². The number of amides is 1. The Morgan fingerprint density at radius 2 is 2.09 bits per heavy atom. The number of rotatable bonds is 6. The summed E-state index contributed by atoms with van der Waals surface area (Å²) in [5.74, 6) is 0.549. The van der Waals surface area contributed by atoms with E-state index in [-0.39, 0.29) is 23.5 Å². The summed E-state index contributed by atoms with van der Waals surface area (Å²) >= 11 is 0. The molecule has 0 aliphatic carbocycles. The van der Waals surface area contributed by atoms with Crippen LogP contribution in [0.25, 0.3) is 0 Å². The van der Waals surface area contributed by atoms with Crippen LogP contribution in [-0.2, 0) is 4.79 Å². The predicted molar refractivity (Wildman–Crippen MR) is 84.1 cm³/mol. The number of piperidine rings is 1. The fourth-order valence-electron chi connectivity index (χ4n) is 2.80. The number of hydrogen-bond donors (Lipinski definition) is 1. The Morgan fingerprint density at radius 1 is 1.41 bits per heavy atom. The molecule has 1 aromatic rings. The molecule has 4 nitrogen and oxygen atoms in total. The first-order chi connectivity index (χ1) is 10.6. The Bertz CT molecular complexity index is 485. The Labute approximate surface area is 131 Å². The maximum Gasteiger partial charge on any atom is 0.222 e. The van der Waals surface area contributed by atoms with E-state index in [1.165, 1.54) is 6.07 Å². The van der Waals surface area contributed by atoms with E-state index in [1.54, 1.807) is 18.2 Å². The number of carbonyl (C=O) groups is 1. The third-order valence-electron chi connectivity index (χ3n) is 4.27. The molecule has 1 aromatic carbocycles. The Balaban J connectivity index is 1.65. The highest BCUT2D eigenvalue weighted by atomic mass is 19.1. The summed E-state index contributed by atoms with van der Waals surface area (Å²) in [7, 11) is 0. The van der Waals surface area contributed by atoms with Crippen LogP contribution in [0.15, 0.2) is 24.3 Å². The van der Waals surface area contributed by atoms with Crippen LogP contribution in [0.4, 0.5) is 4.39 Å². The van der Waals surface area contributed by atoms with Gasteiger partial charge in [-0.15, -0.1) is 0 Å². The van der Waals surface area contributed by atoms with Gasteiger partial charge in [0.2, 0.25) is 5.91 Å². The van der Waals surface area contributed by atoms with Crippen LogP contribution in [0.1, 0.15) is 32.6 Å². The van der Waals surface area contributed by atoms with Crippen molar-refractivity contribution in [1.29, 1.82) is 0 Å². The topological polar surface area (TPSA) is 55.6 Å². The minimum absolute atomic E-state index is 0.153. The molecular weight excluding hydrogens is 283 g/mol. The van der Waals surface area contributed by atoms with Gasteiger partial charge in [-0.2, -0.15) is 0 Å². The van der Waals surface area contributed by atoms with Crippen molar-refractivity contribution in [3.8, 4) is 5.75 Å². The molecule has 22 heavy (non-hydrogen) atoms. The first kappa shape index (κ1) is 16.7. The largest absolute Gasteiger partial charge is 0.491 e. The summed E-state index contributed by atoms with van der Waals surface area (Å²) in [6.07, 6.45) is 3.00. The number of ether oxygens (including phenoxy) is 1. The highest BCUT2D eigenvalue weighted by Crippen LogP contribution is 2.20. The number of likely N-dealkylation sites (tertiary alicyclic amines) is 1. The van der Waals surface area contributed by atoms with Gasteiger partial charge in [-0.1, -0.05) is 12.1 Å². The Hall–Kier alpha value is -1.62. The molecule has 0 aromatic heterocycles. The normalized spacial score (nSPS) is 17.3. The average molecular weight is 308 g/mol. The van der Waals surface area contributed by atoms with Crippen LogP contribution in [0.3, 0.4) is 0 Å². The van der Waals surface area contributed by atoms with Gasteiger partial charge in [0, 0.05) is 25.6 Å². The van der Waals surface area contributed by atoms with Gasteiger partial charge in [-0.3, -0.25) is 4.79 Å². The number of nitrogens with two attached hydrogens (primary N) is 1. The number of nitrogens with zero attached hydrogens (tertiary/aromatic N) is 1. The molecular formula is C17H25FN2O2. The smallest absolute Gasteiger partial charge is 0.222 e. The summed E-state index contributed by atoms with van der Waals surface area (Å²) in [4.78, 5) is 14.0. The van der Waals surface area contributed by atoms with Gasteiger partial charge in [-0.25, -0.2) is 4.39 Å². The molecule has 1 saturated heterocycles. The zero-order valence-corrected chi connectivity index (χ0v) is 13.1. The van der Waals surface area contributed by atoms with E-state index >= 15 is 0 Å². The van der Waals surface area contributed by atoms with E-state index in [1.807, 2.05) is 11.8 Å². The fraction of sp³-hybridized carbons (Fsp3) is 0.588. The Morgan fingerprint density at radius 3 is 2.73 bits per heavy atom. The number of halogens is 1. The van der Waals surface area contributed by atoms with Gasteiger partial charge in [0.15, 0.2) is 11.6 Å². The third kappa shape index (κ3) is 4.70. The maximum atomic E-state index is 13.4. The lowest BCUT2D eigenvalue weighted by atomic mass is 9.91. The first-order valence-corrected chi connectivity index (χ1v) is 7.98. The van der Waals surface area contributed by atoms with E-state index in [2.05, 4.69) is 0 Å². The summed E-state index contributed by atoms with van der Waals surface area (Å²) in [5.41, 5.74) is 5.90. The second-order valence-corrected chi connectivity index (χ2v) is 5.96. The lowest BCUT2D eigenvalue weighted by Crippen LogP contribution is -2.42. The molecule has 0 saturated carbocycles. The van der Waals surface area contributed by atoms with Crippen molar-refractivity contribution in [3.63, 3.8) is 0 Å². The van der Waals surface area contributed by atoms with E-state index in [4.69, 9.17) is 10.5 Å². The molecule has 2 rings (SSSR count). The highest BCUT2D eigenvalue weighted by molar-refractivity contribution is 5.76. The molecule has 0 spiro atoms. The SMILES string of the molecule is CC(N)C1CCN(C(=O)CCCOc2ccccc2F)CC1. The number of carbonyl (C=O) groups excluding carboxylic acids is 1. The van der Waals surface area contributed by atoms with Gasteiger partial charge in [0.25, 0.3) is 0 Å². The van der Waals surface area contributed by atoms with Crippen LogP contribution < -0.4 is 10.5 Å². The van der Waals surface area contributed by atoms with Crippen molar-refractivity contribution in [2.75, 3.05) is 19.7 Å². The molecule has 2 N–H and O–H groups in total. The summed E-state index contributed by atoms with van der Waals surface area (Å²) in [6.45, 7) is 3.96. The van der Waals surface area contributed by atoms with Crippen LogP contribution in [0, 0.1) is 11.7 Å². The summed E-state index contributed by atoms with van der Waals surface area (Å²) in [6, 6.07) is 6.51. The molecule has 1 atom stereocenters. The highest BCUT2D eigenvalue weighted by Gasteiger charge is 2.24. The molecule has 1 aliphatic rings. The second kappa shape index (κ2) is 8.13. The van der Waals surface area contributed by atoms with Crippen molar-refractivity contribution in [2.45, 2.75) is 38.6 Å². The van der Waals surface area contributed by atoms with Gasteiger partial charge in [-0.05, 0) is 44.2 Å². The van der Waals surface area contributed by atoms with Crippen molar-refractivity contribution >= 4 is 5.91 Å². The van der Waals surface area contributed by atoms with Crippen molar-refractivity contribution in [1.82, 2.24) is 4.90 Å². The Kier molecular flexibility index (Phi) is 6.19. The standard InChI is InChI=1S/C17H25FN2O2/c1-13(19)14-8-10-20(11-9-14)17(21)7-4-12-22-16-6-3-2-5-15(16)18/h2-3,5-6,13-14H,4,7-12,19H2,1H3. The summed E-state index contributed by atoms with van der Waals surface area (Å²) in [5, 5.41) is 0. The number of benzene rings is 1. The van der Waals surface area contributed by atoms with E-state index in [0.29, 0.717) is 25.4 Å². The van der Waals surface area contributed by atoms with Gasteiger partial charge < -0.3 is 15.4 Å². The first-order valence-electron chi connectivity index (χ1n) is 7.98. The van der Waals surface area contributed by atoms with Crippen molar-refractivity contribution in [2.24, 2.45) is 11.7 Å². The van der Waals surface area contributed by atoms with Crippen LogP contribution in [0.2, 0.25) is 0 Å². The minimum Gasteiger partial charge on any atom is -0.491 e. The maximum absolute atomic E-state index is 13.4. The van der Waals surface area contributed by atoms with Gasteiger partial charge in [0.1, 0.15) is 0 Å². The third-order valence-corrected chi connectivity index (χ3v) is 4.27. The number of para-hydroxylation sites is 1. The molecule has 1 heterocycles. The van der Waals surface area contributed by atoms with Crippen LogP contribution >= 0.6 is 0 Å². The average Bonchev–Trinajstić information content (AvgIpc) is 2.53. The van der Waals surface area contributed by atoms with Crippen molar-refractivity contribution in [3.05, 3.63) is 30.1 Å². The predicted octanol–water partition coefficient (Wildman–Crippen LogP) is 2.57. The monoisotopic (exact) mass is 308 g/mol. The molecule has 1 amide bonds. The molecule has 1 unspecified atom stereocenters. The second-order valence-electron chi connectivity index (χ2n) is 5.96. The zero-order valence-electron chi connectivity index (χ0n) is 13.1. The lowest BCUT2D eigenvalue weighted by Gasteiger charge is -2.33. The minimum atomic E-state index is -0.369. The van der Waals surface area contributed by atoms with E-state index in [0.717, 1.165) is 25.9 Å². The molecule has 0 radical (unpaired) electrons. The van der Waals surface area contributed by atoms with Crippen LogP contribution in [0.5, 0.6) is 5.75 Å². The van der Waals surface area contributed by atoms with E-state index in [9.17, 15) is 9.18 Å². The van der Waals surface area contributed by atoms with E-state index < -0.39 is 0 Å². The number of hydrogen-bond acceptors (Lipinski definition) is 3. The lowest BCUT2D eigenvalue weighted by molar-refractivity contribution is -0.132. The quantitative estimate of drug-likeness (QED) is 0.822. The molecule has 5 heteroatoms. The molecule has 0 bridgehead atoms. The fourth-order valence-corrected chi connectivity index (χ4v) is 2.80. The van der Waals surface area contributed by atoms with Gasteiger partial charge >= 0.3 is 0 Å². The summed E-state index contributed by atoms with van der Waals surface area (Å²) < 4.78 is 18.7.